The molecule has 164 valence electrons. The van der Waals surface area contributed by atoms with Gasteiger partial charge in [-0.25, -0.2) is 24.4 Å². The third-order valence-electron chi connectivity index (χ3n) is 4.39. The van der Waals surface area contributed by atoms with E-state index < -0.39 is 36.1 Å². The Kier molecular flexibility index (Phi) is 7.65. The zero-order valence-corrected chi connectivity index (χ0v) is 16.5. The van der Waals surface area contributed by atoms with E-state index in [4.69, 9.17) is 11.6 Å². The van der Waals surface area contributed by atoms with E-state index in [1.165, 1.54) is 23.6 Å². The van der Waals surface area contributed by atoms with E-state index in [1.54, 1.807) is 6.07 Å². The number of hydrazine groups is 1. The molecule has 12 heteroatoms. The van der Waals surface area contributed by atoms with Crippen LogP contribution in [0.4, 0.5) is 18.0 Å². The van der Waals surface area contributed by atoms with Gasteiger partial charge in [-0.15, -0.1) is 0 Å². The number of alkyl halides is 3. The van der Waals surface area contributed by atoms with Crippen LogP contribution in [0.1, 0.15) is 44.2 Å². The van der Waals surface area contributed by atoms with E-state index in [0.717, 1.165) is 6.92 Å². The average molecular weight is 451 g/mol. The van der Waals surface area contributed by atoms with Gasteiger partial charge < -0.3 is 0 Å². The number of ketones is 1. The summed E-state index contributed by atoms with van der Waals surface area (Å²) in [6.45, 7) is 0.891. The second-order valence-electron chi connectivity index (χ2n) is 6.52. The summed E-state index contributed by atoms with van der Waals surface area (Å²) in [6, 6.07) is 4.43. The first kappa shape index (κ1) is 23.5. The maximum Gasteiger partial charge on any atom is 0.472 e. The van der Waals surface area contributed by atoms with Crippen LogP contribution in [0.25, 0.3) is 0 Å². The van der Waals surface area contributed by atoms with Crippen LogP contribution in [0.3, 0.4) is 0 Å². The summed E-state index contributed by atoms with van der Waals surface area (Å²) in [4.78, 5) is 55.9. The highest BCUT2D eigenvalue weighted by molar-refractivity contribution is 6.31. The molecular weight excluding hydrogens is 433 g/mol. The minimum absolute atomic E-state index is 0.0485. The summed E-state index contributed by atoms with van der Waals surface area (Å²) in [7, 11) is 0. The van der Waals surface area contributed by atoms with E-state index >= 15 is 0 Å². The Morgan fingerprint density at radius 2 is 1.87 bits per heavy atom. The van der Waals surface area contributed by atoms with Gasteiger partial charge in [0.1, 0.15) is 5.78 Å². The van der Waals surface area contributed by atoms with Crippen molar-refractivity contribution in [3.05, 3.63) is 34.9 Å². The molecule has 2 rings (SSSR count). The monoisotopic (exact) mass is 450 g/mol. The molecule has 0 heterocycles. The molecule has 1 aliphatic carbocycles. The van der Waals surface area contributed by atoms with Gasteiger partial charge in [-0.2, -0.15) is 13.2 Å². The average Bonchev–Trinajstić information content (AvgIpc) is 2.67. The molecule has 1 aliphatic rings. The van der Waals surface area contributed by atoms with E-state index in [2.05, 4.69) is 9.78 Å². The lowest BCUT2D eigenvalue weighted by Crippen LogP contribution is -2.55. The van der Waals surface area contributed by atoms with Crippen LogP contribution in [-0.4, -0.2) is 34.9 Å². The highest BCUT2D eigenvalue weighted by atomic mass is 35.5. The van der Waals surface area contributed by atoms with E-state index in [-0.39, 0.29) is 34.2 Å². The van der Waals surface area contributed by atoms with Crippen molar-refractivity contribution in [3.8, 4) is 0 Å². The standard InChI is InChI=1S/C18H18ClF3N2O6/c1-10(25)29-30-17(28)24(23-16(27)18(20,21)22)15(11-6-2-4-8-13(11)19)12-7-3-5-9-14(12)26/h2,4,6,8,12,15H,3,5,7,9H2,1H3,(H,23,27). The number of carbonyl (C=O) groups excluding carboxylic acids is 4. The van der Waals surface area contributed by atoms with Crippen molar-refractivity contribution in [1.82, 2.24) is 10.4 Å². The minimum Gasteiger partial charge on any atom is -0.299 e. The maximum atomic E-state index is 12.9. The van der Waals surface area contributed by atoms with Crippen LogP contribution in [-0.2, 0) is 24.2 Å². The van der Waals surface area contributed by atoms with E-state index in [0.29, 0.717) is 12.8 Å². The molecule has 30 heavy (non-hydrogen) atoms. The number of amides is 2. The van der Waals surface area contributed by atoms with Crippen molar-refractivity contribution in [2.24, 2.45) is 5.92 Å². The van der Waals surface area contributed by atoms with Gasteiger partial charge in [0.2, 0.25) is 0 Å². The normalized spacial score (nSPS) is 17.6. The van der Waals surface area contributed by atoms with E-state index in [9.17, 15) is 32.3 Å². The lowest BCUT2D eigenvalue weighted by Gasteiger charge is -2.37. The Morgan fingerprint density at radius 3 is 2.43 bits per heavy atom. The summed E-state index contributed by atoms with van der Waals surface area (Å²) < 4.78 is 38.6. The van der Waals surface area contributed by atoms with Crippen molar-refractivity contribution in [1.29, 1.82) is 0 Å². The predicted molar refractivity (Wildman–Crippen MR) is 95.4 cm³/mol. The molecule has 0 saturated heterocycles. The van der Waals surface area contributed by atoms with Crippen molar-refractivity contribution < 1.29 is 42.1 Å². The summed E-state index contributed by atoms with van der Waals surface area (Å²) in [6.07, 6.45) is -5.46. The summed E-state index contributed by atoms with van der Waals surface area (Å²) >= 11 is 6.18. The highest BCUT2D eigenvalue weighted by Gasteiger charge is 2.45. The fraction of sp³-hybridized carbons (Fsp3) is 0.444. The molecule has 1 fully saturated rings. The first-order valence-corrected chi connectivity index (χ1v) is 9.23. The number of carbonyl (C=O) groups is 4. The maximum absolute atomic E-state index is 12.9. The molecule has 0 aromatic heterocycles. The number of halogens is 4. The fourth-order valence-electron chi connectivity index (χ4n) is 3.13. The van der Waals surface area contributed by atoms with Crippen LogP contribution in [0.5, 0.6) is 0 Å². The summed E-state index contributed by atoms with van der Waals surface area (Å²) in [5, 5.41) is 0.237. The molecule has 1 aromatic carbocycles. The molecule has 1 saturated carbocycles. The van der Waals surface area contributed by atoms with Crippen molar-refractivity contribution in [2.45, 2.75) is 44.8 Å². The van der Waals surface area contributed by atoms with Crippen molar-refractivity contribution in [2.75, 3.05) is 0 Å². The second kappa shape index (κ2) is 9.79. The van der Waals surface area contributed by atoms with Gasteiger partial charge in [-0.3, -0.25) is 15.0 Å². The van der Waals surface area contributed by atoms with Gasteiger partial charge >= 0.3 is 24.1 Å². The van der Waals surface area contributed by atoms with Crippen LogP contribution < -0.4 is 5.43 Å². The van der Waals surface area contributed by atoms with Crippen molar-refractivity contribution in [3.63, 3.8) is 0 Å². The number of Topliss-reactive ketones (excluding diaryl/α,β-unsaturated/α-hetero) is 1. The summed E-state index contributed by atoms with van der Waals surface area (Å²) in [5.74, 6) is -4.84. The zero-order chi connectivity index (χ0) is 22.5. The molecule has 1 N–H and O–H groups in total. The van der Waals surface area contributed by atoms with Crippen LogP contribution in [0.2, 0.25) is 5.02 Å². The lowest BCUT2D eigenvalue weighted by atomic mass is 9.80. The van der Waals surface area contributed by atoms with Gasteiger partial charge in [0.15, 0.2) is 0 Å². The largest absolute Gasteiger partial charge is 0.472 e. The Labute approximate surface area is 174 Å². The third-order valence-corrected chi connectivity index (χ3v) is 4.74. The fourth-order valence-corrected chi connectivity index (χ4v) is 3.38. The van der Waals surface area contributed by atoms with Gasteiger partial charge in [0, 0.05) is 24.3 Å². The number of nitrogens with zero attached hydrogens (tertiary/aromatic N) is 1. The summed E-state index contributed by atoms with van der Waals surface area (Å²) in [5.41, 5.74) is 1.53. The number of benzene rings is 1. The first-order valence-electron chi connectivity index (χ1n) is 8.85. The number of rotatable bonds is 3. The van der Waals surface area contributed by atoms with Gasteiger partial charge in [-0.1, -0.05) is 36.2 Å². The van der Waals surface area contributed by atoms with Crippen LogP contribution >= 0.6 is 11.6 Å². The number of nitrogens with one attached hydrogen (secondary N) is 1. The van der Waals surface area contributed by atoms with Gasteiger partial charge in [-0.05, 0) is 24.5 Å². The van der Waals surface area contributed by atoms with Crippen LogP contribution in [0.15, 0.2) is 24.3 Å². The molecule has 8 nitrogen and oxygen atoms in total. The Balaban J connectivity index is 2.53. The number of hydrogen-bond donors (Lipinski definition) is 1. The van der Waals surface area contributed by atoms with Gasteiger partial charge in [0.25, 0.3) is 0 Å². The Hall–Kier alpha value is -2.82. The third kappa shape index (κ3) is 5.85. The number of hydrogen-bond acceptors (Lipinski definition) is 6. The van der Waals surface area contributed by atoms with Gasteiger partial charge in [0.05, 0.1) is 6.04 Å². The Bertz CT molecular complexity index is 832. The molecule has 2 atom stereocenters. The van der Waals surface area contributed by atoms with Crippen molar-refractivity contribution >= 4 is 35.4 Å². The van der Waals surface area contributed by atoms with E-state index in [1.807, 2.05) is 0 Å². The first-order chi connectivity index (χ1) is 14.0. The SMILES string of the molecule is CC(=O)OOC(=O)N(NC(=O)C(F)(F)F)C(c1ccccc1Cl)C1CCCCC1=O. The molecular formula is C18H18ClF3N2O6. The molecule has 1 aromatic rings. The predicted octanol–water partition coefficient (Wildman–Crippen LogP) is 3.65. The van der Waals surface area contributed by atoms with Crippen LogP contribution in [0, 0.1) is 5.92 Å². The smallest absolute Gasteiger partial charge is 0.299 e. The highest BCUT2D eigenvalue weighted by Crippen LogP contribution is 2.39. The molecule has 0 spiro atoms. The molecule has 0 radical (unpaired) electrons. The molecule has 2 amide bonds. The lowest BCUT2D eigenvalue weighted by molar-refractivity contribution is -0.238. The molecule has 2 unspecified atom stereocenters. The minimum atomic E-state index is -5.35. The quantitative estimate of drug-likeness (QED) is 0.557. The Morgan fingerprint density at radius 1 is 1.20 bits per heavy atom. The topological polar surface area (TPSA) is 102 Å². The molecule has 0 aliphatic heterocycles. The molecule has 0 bridgehead atoms. The second-order valence-corrected chi connectivity index (χ2v) is 6.92. The zero-order valence-electron chi connectivity index (χ0n) is 15.7.